The molecule has 1 N–H and O–H groups in total. The number of halogens is 2. The fraction of sp³-hybridized carbons (Fsp3) is 0.167. The molecule has 0 amide bonds. The Morgan fingerprint density at radius 3 is 2.50 bits per heavy atom. The van der Waals surface area contributed by atoms with E-state index in [-0.39, 0.29) is 5.56 Å². The Morgan fingerprint density at radius 2 is 2.00 bits per heavy atom. The van der Waals surface area contributed by atoms with Crippen molar-refractivity contribution in [2.45, 2.75) is 13.8 Å². The molecule has 2 rings (SSSR count). The lowest BCUT2D eigenvalue weighted by atomic mass is 10.2. The highest BCUT2D eigenvalue weighted by atomic mass is 35.5. The first-order chi connectivity index (χ1) is 8.43. The van der Waals surface area contributed by atoms with Gasteiger partial charge in [0.05, 0.1) is 32.7 Å². The van der Waals surface area contributed by atoms with Crippen molar-refractivity contribution in [2.24, 2.45) is 0 Å². The van der Waals surface area contributed by atoms with E-state index >= 15 is 0 Å². The monoisotopic (exact) mass is 284 g/mol. The van der Waals surface area contributed by atoms with Crippen molar-refractivity contribution in [3.8, 4) is 5.69 Å². The van der Waals surface area contributed by atoms with Crippen LogP contribution in [-0.4, -0.2) is 20.9 Å². The predicted octanol–water partition coefficient (Wildman–Crippen LogP) is 3.49. The fourth-order valence-corrected chi connectivity index (χ4v) is 2.12. The normalized spacial score (nSPS) is 10.7. The number of aryl methyl sites for hydroxylation is 1. The SMILES string of the molecule is Cc1nn(-c2c(Cl)cccc2C(=O)O)c(C)c1Cl. The van der Waals surface area contributed by atoms with Crippen LogP contribution in [0.1, 0.15) is 21.7 Å². The number of rotatable bonds is 2. The standard InChI is InChI=1S/C12H10Cl2N2O2/c1-6-10(14)7(2)16(15-6)11-8(12(17)18)4-3-5-9(11)13/h3-5H,1-2H3,(H,17,18). The van der Waals surface area contributed by atoms with Crippen LogP contribution >= 0.6 is 23.2 Å². The first kappa shape index (κ1) is 12.9. The van der Waals surface area contributed by atoms with Crippen molar-refractivity contribution >= 4 is 29.2 Å². The van der Waals surface area contributed by atoms with Crippen LogP contribution in [0.25, 0.3) is 5.69 Å². The van der Waals surface area contributed by atoms with Gasteiger partial charge in [-0.15, -0.1) is 0 Å². The molecule has 0 saturated carbocycles. The molecule has 0 radical (unpaired) electrons. The zero-order valence-corrected chi connectivity index (χ0v) is 11.2. The van der Waals surface area contributed by atoms with Gasteiger partial charge in [-0.05, 0) is 26.0 Å². The molecule has 0 fully saturated rings. The molecule has 1 heterocycles. The van der Waals surface area contributed by atoms with E-state index < -0.39 is 5.97 Å². The minimum atomic E-state index is -1.06. The summed E-state index contributed by atoms with van der Waals surface area (Å²) in [5.74, 6) is -1.06. The van der Waals surface area contributed by atoms with Crippen molar-refractivity contribution in [3.63, 3.8) is 0 Å². The van der Waals surface area contributed by atoms with E-state index in [2.05, 4.69) is 5.10 Å². The summed E-state index contributed by atoms with van der Waals surface area (Å²) >= 11 is 12.1. The Bertz CT molecular complexity index is 635. The number of hydrogen-bond donors (Lipinski definition) is 1. The first-order valence-corrected chi connectivity index (χ1v) is 5.93. The van der Waals surface area contributed by atoms with Gasteiger partial charge < -0.3 is 5.11 Å². The second-order valence-corrected chi connectivity index (χ2v) is 4.62. The molecule has 0 aliphatic rings. The molecule has 0 saturated heterocycles. The quantitative estimate of drug-likeness (QED) is 0.918. The maximum Gasteiger partial charge on any atom is 0.337 e. The lowest BCUT2D eigenvalue weighted by Gasteiger charge is -2.10. The smallest absolute Gasteiger partial charge is 0.337 e. The average Bonchev–Trinajstić information content (AvgIpc) is 2.56. The van der Waals surface area contributed by atoms with E-state index in [0.717, 1.165) is 0 Å². The zero-order valence-electron chi connectivity index (χ0n) is 9.74. The van der Waals surface area contributed by atoms with E-state index in [9.17, 15) is 9.90 Å². The van der Waals surface area contributed by atoms with Crippen LogP contribution < -0.4 is 0 Å². The topological polar surface area (TPSA) is 55.1 Å². The summed E-state index contributed by atoms with van der Waals surface area (Å²) in [4.78, 5) is 11.2. The first-order valence-electron chi connectivity index (χ1n) is 5.17. The Balaban J connectivity index is 2.78. The van der Waals surface area contributed by atoms with Crippen molar-refractivity contribution in [3.05, 3.63) is 45.2 Å². The van der Waals surface area contributed by atoms with Crippen molar-refractivity contribution in [1.29, 1.82) is 0 Å². The molecular formula is C12H10Cl2N2O2. The number of carboxylic acids is 1. The van der Waals surface area contributed by atoms with Gasteiger partial charge in [-0.2, -0.15) is 5.10 Å². The molecule has 0 bridgehead atoms. The molecule has 0 atom stereocenters. The summed E-state index contributed by atoms with van der Waals surface area (Å²) < 4.78 is 1.46. The van der Waals surface area contributed by atoms with Gasteiger partial charge in [-0.25, -0.2) is 9.48 Å². The maximum absolute atomic E-state index is 11.2. The fourth-order valence-electron chi connectivity index (χ4n) is 1.74. The molecule has 1 aromatic carbocycles. The number of carbonyl (C=O) groups is 1. The lowest BCUT2D eigenvalue weighted by molar-refractivity contribution is 0.0696. The number of hydrogen-bond acceptors (Lipinski definition) is 2. The van der Waals surface area contributed by atoms with Gasteiger partial charge >= 0.3 is 5.97 Å². The van der Waals surface area contributed by atoms with Crippen LogP contribution in [0.5, 0.6) is 0 Å². The average molecular weight is 285 g/mol. The number of benzene rings is 1. The molecule has 0 aliphatic heterocycles. The Morgan fingerprint density at radius 1 is 1.33 bits per heavy atom. The molecular weight excluding hydrogens is 275 g/mol. The summed E-state index contributed by atoms with van der Waals surface area (Å²) in [5, 5.41) is 14.2. The molecule has 94 valence electrons. The molecule has 2 aromatic rings. The Labute approximate surface area is 114 Å². The largest absolute Gasteiger partial charge is 0.478 e. The van der Waals surface area contributed by atoms with Crippen molar-refractivity contribution in [2.75, 3.05) is 0 Å². The van der Waals surface area contributed by atoms with Gasteiger partial charge in [0.2, 0.25) is 0 Å². The molecule has 6 heteroatoms. The zero-order chi connectivity index (χ0) is 13.4. The highest BCUT2D eigenvalue weighted by molar-refractivity contribution is 6.33. The van der Waals surface area contributed by atoms with Crippen LogP contribution in [0.3, 0.4) is 0 Å². The molecule has 4 nitrogen and oxygen atoms in total. The molecule has 0 aliphatic carbocycles. The van der Waals surface area contributed by atoms with E-state index in [1.807, 2.05) is 0 Å². The van der Waals surface area contributed by atoms with E-state index in [1.54, 1.807) is 26.0 Å². The second-order valence-electron chi connectivity index (χ2n) is 3.84. The van der Waals surface area contributed by atoms with Crippen LogP contribution in [0, 0.1) is 13.8 Å². The van der Waals surface area contributed by atoms with Gasteiger partial charge in [0.25, 0.3) is 0 Å². The van der Waals surface area contributed by atoms with Crippen LogP contribution in [0.15, 0.2) is 18.2 Å². The summed E-state index contributed by atoms with van der Waals surface area (Å²) in [6, 6.07) is 4.68. The summed E-state index contributed by atoms with van der Waals surface area (Å²) in [5.41, 5.74) is 1.71. The van der Waals surface area contributed by atoms with E-state index in [4.69, 9.17) is 23.2 Å². The second kappa shape index (κ2) is 4.63. The highest BCUT2D eigenvalue weighted by Crippen LogP contribution is 2.29. The third-order valence-electron chi connectivity index (χ3n) is 2.63. The maximum atomic E-state index is 11.2. The summed E-state index contributed by atoms with van der Waals surface area (Å²) in [6.45, 7) is 3.51. The van der Waals surface area contributed by atoms with Gasteiger partial charge in [0.1, 0.15) is 0 Å². The predicted molar refractivity (Wildman–Crippen MR) is 70.0 cm³/mol. The molecule has 0 unspecified atom stereocenters. The lowest BCUT2D eigenvalue weighted by Crippen LogP contribution is -2.08. The summed E-state index contributed by atoms with van der Waals surface area (Å²) in [7, 11) is 0. The Hall–Kier alpha value is -1.52. The number of carboxylic acid groups (broad SMARTS) is 1. The molecule has 0 spiro atoms. The number of aromatic nitrogens is 2. The molecule has 18 heavy (non-hydrogen) atoms. The van der Waals surface area contributed by atoms with Gasteiger partial charge in [-0.1, -0.05) is 29.3 Å². The van der Waals surface area contributed by atoms with Gasteiger partial charge in [0.15, 0.2) is 0 Å². The van der Waals surface area contributed by atoms with Crippen molar-refractivity contribution in [1.82, 2.24) is 9.78 Å². The minimum Gasteiger partial charge on any atom is -0.478 e. The summed E-state index contributed by atoms with van der Waals surface area (Å²) in [6.07, 6.45) is 0. The third kappa shape index (κ3) is 1.98. The van der Waals surface area contributed by atoms with Crippen LogP contribution in [0.2, 0.25) is 10.0 Å². The van der Waals surface area contributed by atoms with Crippen LogP contribution in [0.4, 0.5) is 0 Å². The van der Waals surface area contributed by atoms with Gasteiger partial charge in [-0.3, -0.25) is 0 Å². The third-order valence-corrected chi connectivity index (χ3v) is 3.48. The number of aromatic carboxylic acids is 1. The van der Waals surface area contributed by atoms with Gasteiger partial charge in [0, 0.05) is 0 Å². The number of para-hydroxylation sites is 1. The number of nitrogens with zero attached hydrogens (tertiary/aromatic N) is 2. The van der Waals surface area contributed by atoms with E-state index in [1.165, 1.54) is 10.7 Å². The highest BCUT2D eigenvalue weighted by Gasteiger charge is 2.19. The van der Waals surface area contributed by atoms with E-state index in [0.29, 0.717) is 27.1 Å². The Kier molecular flexibility index (Phi) is 3.32. The molecule has 1 aromatic heterocycles. The minimum absolute atomic E-state index is 0.0877. The van der Waals surface area contributed by atoms with Crippen LogP contribution in [-0.2, 0) is 0 Å². The van der Waals surface area contributed by atoms with Crippen molar-refractivity contribution < 1.29 is 9.90 Å².